The first-order valence-corrected chi connectivity index (χ1v) is 4.91. The van der Waals surface area contributed by atoms with E-state index in [-0.39, 0.29) is 14.8 Å². The molecule has 0 N–H and O–H groups in total. The lowest BCUT2D eigenvalue weighted by atomic mass is 10.2. The van der Waals surface area contributed by atoms with Gasteiger partial charge in [-0.15, -0.1) is 13.2 Å². The van der Waals surface area contributed by atoms with Crippen molar-refractivity contribution in [3.8, 4) is 5.75 Å². The zero-order chi connectivity index (χ0) is 12.3. The molecule has 0 aliphatic heterocycles. The lowest BCUT2D eigenvalue weighted by Gasteiger charge is -2.12. The Morgan fingerprint density at radius 1 is 1.50 bits per heavy atom. The summed E-state index contributed by atoms with van der Waals surface area (Å²) in [5, 5.41) is 0. The second-order valence-corrected chi connectivity index (χ2v) is 3.68. The fraction of sp³-hybridized carbons (Fsp3) is 0.250. The van der Waals surface area contributed by atoms with Crippen molar-refractivity contribution in [2.75, 3.05) is 0 Å². The van der Waals surface area contributed by atoms with E-state index >= 15 is 0 Å². The number of aromatic nitrogens is 1. The van der Waals surface area contributed by atoms with Crippen LogP contribution >= 0.6 is 22.6 Å². The fourth-order valence-corrected chi connectivity index (χ4v) is 1.62. The van der Waals surface area contributed by atoms with Crippen molar-refractivity contribution in [1.29, 1.82) is 0 Å². The largest absolute Gasteiger partial charge is 0.573 e. The molecule has 0 aliphatic carbocycles. The van der Waals surface area contributed by atoms with Gasteiger partial charge in [0.25, 0.3) is 0 Å². The summed E-state index contributed by atoms with van der Waals surface area (Å²) in [5.74, 6) is -0.731. The Bertz CT molecular complexity index is 408. The molecule has 0 bridgehead atoms. The van der Waals surface area contributed by atoms with Crippen molar-refractivity contribution in [2.24, 2.45) is 0 Å². The summed E-state index contributed by atoms with van der Waals surface area (Å²) in [6.07, 6.45) is -3.91. The van der Waals surface area contributed by atoms with Gasteiger partial charge in [-0.3, -0.25) is 4.79 Å². The van der Waals surface area contributed by atoms with Crippen molar-refractivity contribution < 1.29 is 27.1 Å². The molecule has 16 heavy (non-hydrogen) atoms. The zero-order valence-corrected chi connectivity index (χ0v) is 9.67. The van der Waals surface area contributed by atoms with Gasteiger partial charge in [0, 0.05) is 5.56 Å². The normalized spacial score (nSPS) is 11.3. The van der Waals surface area contributed by atoms with Gasteiger partial charge in [-0.1, -0.05) is 0 Å². The molecule has 1 aromatic rings. The Kier molecular flexibility index (Phi) is 4.05. The number of ether oxygens (including phenoxy) is 1. The SMILES string of the molecule is O=Cc1ncc(OC(F)(F)F)c(CF)c1I. The van der Waals surface area contributed by atoms with Gasteiger partial charge in [-0.25, -0.2) is 9.37 Å². The highest BCUT2D eigenvalue weighted by Gasteiger charge is 2.33. The zero-order valence-electron chi connectivity index (χ0n) is 7.52. The lowest BCUT2D eigenvalue weighted by molar-refractivity contribution is -0.275. The van der Waals surface area contributed by atoms with E-state index in [1.165, 1.54) is 22.6 Å². The molecule has 1 rings (SSSR count). The van der Waals surface area contributed by atoms with E-state index in [2.05, 4.69) is 9.72 Å². The number of hydrogen-bond acceptors (Lipinski definition) is 3. The summed E-state index contributed by atoms with van der Waals surface area (Å²) in [5.41, 5.74) is -0.460. The summed E-state index contributed by atoms with van der Waals surface area (Å²) in [6.45, 7) is -1.17. The van der Waals surface area contributed by atoms with Crippen LogP contribution in [0.1, 0.15) is 16.1 Å². The molecule has 0 unspecified atom stereocenters. The number of alkyl halides is 4. The van der Waals surface area contributed by atoms with E-state index in [1.54, 1.807) is 0 Å². The van der Waals surface area contributed by atoms with Gasteiger partial charge in [-0.05, 0) is 22.6 Å². The Labute approximate surface area is 101 Å². The number of carbonyl (C=O) groups is 1. The first-order valence-electron chi connectivity index (χ1n) is 3.83. The van der Waals surface area contributed by atoms with E-state index in [0.29, 0.717) is 12.5 Å². The summed E-state index contributed by atoms with van der Waals surface area (Å²) in [4.78, 5) is 13.9. The molecule has 0 aromatic carbocycles. The Morgan fingerprint density at radius 2 is 2.12 bits per heavy atom. The predicted octanol–water partition coefficient (Wildman–Crippen LogP) is 2.87. The van der Waals surface area contributed by atoms with Crippen molar-refractivity contribution in [3.05, 3.63) is 21.0 Å². The van der Waals surface area contributed by atoms with Gasteiger partial charge in [-0.2, -0.15) is 0 Å². The summed E-state index contributed by atoms with van der Waals surface area (Å²) in [7, 11) is 0. The highest BCUT2D eigenvalue weighted by atomic mass is 127. The maximum Gasteiger partial charge on any atom is 0.573 e. The number of halogens is 5. The van der Waals surface area contributed by atoms with Gasteiger partial charge >= 0.3 is 6.36 Å². The number of pyridine rings is 1. The molecule has 0 fully saturated rings. The highest BCUT2D eigenvalue weighted by Crippen LogP contribution is 2.30. The molecule has 0 amide bonds. The van der Waals surface area contributed by atoms with Crippen molar-refractivity contribution in [2.45, 2.75) is 13.0 Å². The number of nitrogens with zero attached hydrogens (tertiary/aromatic N) is 1. The average Bonchev–Trinajstić information content (AvgIpc) is 2.16. The highest BCUT2D eigenvalue weighted by molar-refractivity contribution is 14.1. The molecular weight excluding hydrogens is 345 g/mol. The Morgan fingerprint density at radius 3 is 2.56 bits per heavy atom. The van der Waals surface area contributed by atoms with Crippen molar-refractivity contribution in [3.63, 3.8) is 0 Å². The maximum absolute atomic E-state index is 12.5. The van der Waals surface area contributed by atoms with E-state index < -0.39 is 18.8 Å². The van der Waals surface area contributed by atoms with E-state index in [1.807, 2.05) is 0 Å². The minimum atomic E-state index is -4.92. The topological polar surface area (TPSA) is 39.2 Å². The first-order chi connectivity index (χ1) is 7.39. The molecule has 0 saturated carbocycles. The molecule has 1 heterocycles. The summed E-state index contributed by atoms with van der Waals surface area (Å²) < 4.78 is 51.9. The Hall–Kier alpha value is -0.930. The molecule has 0 atom stereocenters. The molecule has 8 heteroatoms. The summed E-state index contributed by atoms with van der Waals surface area (Å²) >= 11 is 1.54. The molecule has 0 aliphatic rings. The van der Waals surface area contributed by atoms with Crippen molar-refractivity contribution >= 4 is 28.9 Å². The molecular formula is C8H4F4INO2. The standard InChI is InChI=1S/C8H4F4INO2/c9-1-4-6(16-8(10,11)12)2-14-5(3-15)7(4)13/h2-3H,1H2. The number of hydrogen-bond donors (Lipinski definition) is 0. The molecule has 3 nitrogen and oxygen atoms in total. The van der Waals surface area contributed by atoms with Crippen molar-refractivity contribution in [1.82, 2.24) is 4.98 Å². The quantitative estimate of drug-likeness (QED) is 0.479. The van der Waals surface area contributed by atoms with Crippen LogP contribution < -0.4 is 4.74 Å². The van der Waals surface area contributed by atoms with Gasteiger partial charge < -0.3 is 4.74 Å². The molecule has 1 aromatic heterocycles. The smallest absolute Gasteiger partial charge is 0.404 e. The second-order valence-electron chi connectivity index (χ2n) is 2.60. The van der Waals surface area contributed by atoms with E-state index in [9.17, 15) is 22.4 Å². The van der Waals surface area contributed by atoms with Crippen LogP contribution in [0.3, 0.4) is 0 Å². The number of carbonyl (C=O) groups excluding carboxylic acids is 1. The van der Waals surface area contributed by atoms with Gasteiger partial charge in [0.1, 0.15) is 12.4 Å². The van der Waals surface area contributed by atoms with Crippen LogP contribution in [0, 0.1) is 3.57 Å². The average molecular weight is 349 g/mol. The van der Waals surface area contributed by atoms with E-state index in [0.717, 1.165) is 0 Å². The van der Waals surface area contributed by atoms with Gasteiger partial charge in [0.05, 0.1) is 9.77 Å². The van der Waals surface area contributed by atoms with Crippen LogP contribution in [0.15, 0.2) is 6.20 Å². The van der Waals surface area contributed by atoms with Gasteiger partial charge in [0.2, 0.25) is 0 Å². The third kappa shape index (κ3) is 3.03. The van der Waals surface area contributed by atoms with Crippen LogP contribution in [0.5, 0.6) is 5.75 Å². The molecule has 0 spiro atoms. The summed E-state index contributed by atoms with van der Waals surface area (Å²) in [6, 6.07) is 0. The minimum absolute atomic E-state index is 0.0110. The van der Waals surface area contributed by atoms with Crippen LogP contribution in [0.2, 0.25) is 0 Å². The second kappa shape index (κ2) is 4.93. The molecule has 0 saturated heterocycles. The number of aldehydes is 1. The minimum Gasteiger partial charge on any atom is -0.404 e. The monoisotopic (exact) mass is 349 g/mol. The van der Waals surface area contributed by atoms with Gasteiger partial charge in [0.15, 0.2) is 12.0 Å². The van der Waals surface area contributed by atoms with Crippen LogP contribution in [-0.2, 0) is 6.67 Å². The van der Waals surface area contributed by atoms with Crippen LogP contribution in [0.4, 0.5) is 17.6 Å². The number of rotatable bonds is 3. The lowest BCUT2D eigenvalue weighted by Crippen LogP contribution is -2.19. The first kappa shape index (κ1) is 13.1. The Balaban J connectivity index is 3.21. The fourth-order valence-electron chi connectivity index (χ4n) is 0.945. The predicted molar refractivity (Wildman–Crippen MR) is 53.8 cm³/mol. The van der Waals surface area contributed by atoms with Crippen LogP contribution in [0.25, 0.3) is 0 Å². The van der Waals surface area contributed by atoms with E-state index in [4.69, 9.17) is 0 Å². The third-order valence-electron chi connectivity index (χ3n) is 1.58. The molecule has 88 valence electrons. The van der Waals surface area contributed by atoms with Crippen LogP contribution in [-0.4, -0.2) is 17.6 Å². The third-order valence-corrected chi connectivity index (χ3v) is 2.78. The molecule has 0 radical (unpaired) electrons. The maximum atomic E-state index is 12.5.